The maximum atomic E-state index is 12.1. The largest absolute Gasteiger partial charge is 0.341 e. The Morgan fingerprint density at radius 2 is 1.88 bits per heavy atom. The zero-order chi connectivity index (χ0) is 13.1. The van der Waals surface area contributed by atoms with Crippen LogP contribution in [0, 0.1) is 5.41 Å². The molecule has 0 aliphatic heterocycles. The molecule has 0 unspecified atom stereocenters. The van der Waals surface area contributed by atoms with Crippen molar-refractivity contribution < 1.29 is 4.79 Å². The molecule has 0 spiro atoms. The molecule has 94 valence electrons. The van der Waals surface area contributed by atoms with Crippen LogP contribution in [0.2, 0.25) is 5.02 Å². The maximum Gasteiger partial charge on any atom is 0.253 e. The minimum Gasteiger partial charge on any atom is -0.341 e. The van der Waals surface area contributed by atoms with Gasteiger partial charge in [0.2, 0.25) is 0 Å². The normalized spacial score (nSPS) is 11.4. The van der Waals surface area contributed by atoms with Crippen molar-refractivity contribution in [2.45, 2.75) is 13.8 Å². The Bertz CT molecular complexity index is 387. The van der Waals surface area contributed by atoms with E-state index in [-0.39, 0.29) is 11.3 Å². The molecule has 3 nitrogen and oxygen atoms in total. The van der Waals surface area contributed by atoms with E-state index in [0.717, 1.165) is 0 Å². The monoisotopic (exact) mass is 254 g/mol. The second-order valence-corrected chi connectivity index (χ2v) is 5.47. The summed E-state index contributed by atoms with van der Waals surface area (Å²) in [7, 11) is 1.79. The van der Waals surface area contributed by atoms with Crippen LogP contribution in [-0.4, -0.2) is 30.9 Å². The van der Waals surface area contributed by atoms with E-state index in [9.17, 15) is 4.79 Å². The molecule has 2 N–H and O–H groups in total. The standard InChI is InChI=1S/C13H19ClN2O/c1-13(2,8-15)9-16(3)12(17)10-4-6-11(14)7-5-10/h4-7H,8-9,15H2,1-3H3. The number of benzene rings is 1. The number of nitrogens with two attached hydrogens (primary N) is 1. The third kappa shape index (κ3) is 4.02. The van der Waals surface area contributed by atoms with Gasteiger partial charge in [0.25, 0.3) is 5.91 Å². The van der Waals surface area contributed by atoms with Crippen LogP contribution in [-0.2, 0) is 0 Å². The molecular weight excluding hydrogens is 236 g/mol. The van der Waals surface area contributed by atoms with Gasteiger partial charge in [0.05, 0.1) is 0 Å². The van der Waals surface area contributed by atoms with E-state index in [0.29, 0.717) is 23.7 Å². The quantitative estimate of drug-likeness (QED) is 0.897. The molecule has 0 aliphatic rings. The molecule has 0 atom stereocenters. The third-order valence-electron chi connectivity index (χ3n) is 2.66. The molecule has 0 aromatic heterocycles. The Morgan fingerprint density at radius 1 is 1.35 bits per heavy atom. The van der Waals surface area contributed by atoms with Crippen LogP contribution in [0.4, 0.5) is 0 Å². The van der Waals surface area contributed by atoms with Gasteiger partial charge >= 0.3 is 0 Å². The number of carbonyl (C=O) groups is 1. The summed E-state index contributed by atoms with van der Waals surface area (Å²) in [5, 5.41) is 0.631. The fraction of sp³-hybridized carbons (Fsp3) is 0.462. The average molecular weight is 255 g/mol. The summed E-state index contributed by atoms with van der Waals surface area (Å²) in [5.41, 5.74) is 6.23. The van der Waals surface area contributed by atoms with Gasteiger partial charge in [0.15, 0.2) is 0 Å². The first kappa shape index (κ1) is 14.0. The summed E-state index contributed by atoms with van der Waals surface area (Å²) in [5.74, 6) is -0.0109. The van der Waals surface area contributed by atoms with Crippen molar-refractivity contribution in [2.75, 3.05) is 20.1 Å². The first-order chi connectivity index (χ1) is 7.85. The van der Waals surface area contributed by atoms with Gasteiger partial charge in [-0.15, -0.1) is 0 Å². The number of hydrogen-bond acceptors (Lipinski definition) is 2. The topological polar surface area (TPSA) is 46.3 Å². The van der Waals surface area contributed by atoms with Gasteiger partial charge in [0, 0.05) is 24.2 Å². The molecule has 0 fully saturated rings. The molecule has 0 aliphatic carbocycles. The highest BCUT2D eigenvalue weighted by Gasteiger charge is 2.21. The lowest BCUT2D eigenvalue weighted by molar-refractivity contribution is 0.0740. The van der Waals surface area contributed by atoms with Crippen LogP contribution >= 0.6 is 11.6 Å². The Morgan fingerprint density at radius 3 is 2.35 bits per heavy atom. The van der Waals surface area contributed by atoms with Crippen LogP contribution < -0.4 is 5.73 Å². The van der Waals surface area contributed by atoms with Gasteiger partial charge in [-0.05, 0) is 36.2 Å². The van der Waals surface area contributed by atoms with Crippen LogP contribution in [0.1, 0.15) is 24.2 Å². The van der Waals surface area contributed by atoms with Crippen molar-refractivity contribution in [2.24, 2.45) is 11.1 Å². The predicted molar refractivity (Wildman–Crippen MR) is 71.2 cm³/mol. The van der Waals surface area contributed by atoms with Crippen molar-refractivity contribution in [3.05, 3.63) is 34.9 Å². The molecule has 1 amide bonds. The van der Waals surface area contributed by atoms with E-state index in [4.69, 9.17) is 17.3 Å². The molecule has 1 aromatic rings. The summed E-state index contributed by atoms with van der Waals surface area (Å²) in [6.45, 7) is 5.26. The fourth-order valence-corrected chi connectivity index (χ4v) is 1.72. The predicted octanol–water partition coefficient (Wildman–Crippen LogP) is 2.40. The molecule has 1 rings (SSSR count). The average Bonchev–Trinajstić information content (AvgIpc) is 2.28. The SMILES string of the molecule is CN(CC(C)(C)CN)C(=O)c1ccc(Cl)cc1. The highest BCUT2D eigenvalue weighted by atomic mass is 35.5. The van der Waals surface area contributed by atoms with E-state index in [1.807, 2.05) is 13.8 Å². The Labute approximate surface area is 108 Å². The van der Waals surface area contributed by atoms with Gasteiger partial charge in [-0.2, -0.15) is 0 Å². The lowest BCUT2D eigenvalue weighted by atomic mass is 9.93. The van der Waals surface area contributed by atoms with E-state index in [2.05, 4.69) is 0 Å². The number of rotatable bonds is 4. The molecule has 0 saturated heterocycles. The van der Waals surface area contributed by atoms with Crippen molar-refractivity contribution in [1.82, 2.24) is 4.90 Å². The second kappa shape index (κ2) is 5.52. The first-order valence-corrected chi connectivity index (χ1v) is 5.94. The van der Waals surface area contributed by atoms with Gasteiger partial charge < -0.3 is 10.6 Å². The van der Waals surface area contributed by atoms with E-state index in [1.165, 1.54) is 0 Å². The van der Waals surface area contributed by atoms with Gasteiger partial charge in [-0.3, -0.25) is 4.79 Å². The minimum atomic E-state index is -0.0726. The van der Waals surface area contributed by atoms with E-state index in [1.54, 1.807) is 36.2 Å². The Balaban J connectivity index is 2.73. The van der Waals surface area contributed by atoms with E-state index >= 15 is 0 Å². The molecule has 1 aromatic carbocycles. The molecule has 0 radical (unpaired) electrons. The maximum absolute atomic E-state index is 12.1. The van der Waals surface area contributed by atoms with Crippen LogP contribution in [0.5, 0.6) is 0 Å². The summed E-state index contributed by atoms with van der Waals surface area (Å²) >= 11 is 5.78. The summed E-state index contributed by atoms with van der Waals surface area (Å²) in [6.07, 6.45) is 0. The fourth-order valence-electron chi connectivity index (χ4n) is 1.59. The van der Waals surface area contributed by atoms with Crippen LogP contribution in [0.25, 0.3) is 0 Å². The molecule has 0 heterocycles. The highest BCUT2D eigenvalue weighted by molar-refractivity contribution is 6.30. The second-order valence-electron chi connectivity index (χ2n) is 5.04. The zero-order valence-electron chi connectivity index (χ0n) is 10.5. The zero-order valence-corrected chi connectivity index (χ0v) is 11.3. The molecule has 4 heteroatoms. The summed E-state index contributed by atoms with van der Waals surface area (Å²) in [4.78, 5) is 13.8. The lowest BCUT2D eigenvalue weighted by Crippen LogP contribution is -2.39. The molecule has 0 bridgehead atoms. The van der Waals surface area contributed by atoms with Crippen molar-refractivity contribution in [1.29, 1.82) is 0 Å². The van der Waals surface area contributed by atoms with Crippen LogP contribution in [0.3, 0.4) is 0 Å². The van der Waals surface area contributed by atoms with Gasteiger partial charge in [-0.25, -0.2) is 0 Å². The van der Waals surface area contributed by atoms with Crippen molar-refractivity contribution in [3.63, 3.8) is 0 Å². The number of halogens is 1. The Hall–Kier alpha value is -1.06. The third-order valence-corrected chi connectivity index (χ3v) is 2.91. The highest BCUT2D eigenvalue weighted by Crippen LogP contribution is 2.16. The summed E-state index contributed by atoms with van der Waals surface area (Å²) in [6, 6.07) is 6.90. The smallest absolute Gasteiger partial charge is 0.253 e. The van der Waals surface area contributed by atoms with Crippen molar-refractivity contribution in [3.8, 4) is 0 Å². The van der Waals surface area contributed by atoms with Crippen molar-refractivity contribution >= 4 is 17.5 Å². The van der Waals surface area contributed by atoms with E-state index < -0.39 is 0 Å². The van der Waals surface area contributed by atoms with Crippen LogP contribution in [0.15, 0.2) is 24.3 Å². The summed E-state index contributed by atoms with van der Waals surface area (Å²) < 4.78 is 0. The number of nitrogens with zero attached hydrogens (tertiary/aromatic N) is 1. The van der Waals surface area contributed by atoms with Gasteiger partial charge in [0.1, 0.15) is 0 Å². The first-order valence-electron chi connectivity index (χ1n) is 5.57. The molecule has 17 heavy (non-hydrogen) atoms. The number of hydrogen-bond donors (Lipinski definition) is 1. The molecule has 0 saturated carbocycles. The Kier molecular flexibility index (Phi) is 4.54. The molecular formula is C13H19ClN2O. The number of carbonyl (C=O) groups excluding carboxylic acids is 1. The number of amides is 1. The van der Waals surface area contributed by atoms with Gasteiger partial charge in [-0.1, -0.05) is 25.4 Å². The minimum absolute atomic E-state index is 0.0109. The lowest BCUT2D eigenvalue weighted by Gasteiger charge is -2.29.